The van der Waals surface area contributed by atoms with Crippen LogP contribution in [0.1, 0.15) is 46.5 Å². The minimum Gasteiger partial charge on any atom is -0.444 e. The highest BCUT2D eigenvalue weighted by Gasteiger charge is 2.50. The van der Waals surface area contributed by atoms with E-state index < -0.39 is 5.60 Å². The lowest BCUT2D eigenvalue weighted by Crippen LogP contribution is -2.42. The SMILES string of the molecule is CC(C)(C)OC(=O)N1CC2=CC(=O)[C@H]3CCCC[C@H]1[C@@H]23. The van der Waals surface area contributed by atoms with E-state index in [0.717, 1.165) is 31.3 Å². The Morgan fingerprint density at radius 1 is 1.30 bits per heavy atom. The lowest BCUT2D eigenvalue weighted by Gasteiger charge is -2.30. The summed E-state index contributed by atoms with van der Waals surface area (Å²) in [5.74, 6) is 0.656. The number of hydrogen-bond donors (Lipinski definition) is 0. The zero-order chi connectivity index (χ0) is 14.5. The summed E-state index contributed by atoms with van der Waals surface area (Å²) in [5.41, 5.74) is 0.682. The molecule has 20 heavy (non-hydrogen) atoms. The maximum Gasteiger partial charge on any atom is 0.410 e. The van der Waals surface area contributed by atoms with Crippen LogP contribution in [0.25, 0.3) is 0 Å². The summed E-state index contributed by atoms with van der Waals surface area (Å²) in [6.07, 6.45) is 5.71. The molecule has 2 fully saturated rings. The molecule has 1 amide bonds. The van der Waals surface area contributed by atoms with Gasteiger partial charge in [0.2, 0.25) is 0 Å². The summed E-state index contributed by atoms with van der Waals surface area (Å²) < 4.78 is 5.52. The first-order valence-corrected chi connectivity index (χ1v) is 7.61. The van der Waals surface area contributed by atoms with Crippen LogP contribution in [0.15, 0.2) is 11.6 Å². The first-order chi connectivity index (χ1) is 9.37. The van der Waals surface area contributed by atoms with Crippen molar-refractivity contribution in [3.05, 3.63) is 11.6 Å². The second-order valence-electron chi connectivity index (χ2n) is 7.21. The molecule has 1 heterocycles. The maximum absolute atomic E-state index is 12.4. The van der Waals surface area contributed by atoms with Gasteiger partial charge in [0.1, 0.15) is 5.60 Å². The lowest BCUT2D eigenvalue weighted by molar-refractivity contribution is -0.118. The van der Waals surface area contributed by atoms with Crippen LogP contribution >= 0.6 is 0 Å². The van der Waals surface area contributed by atoms with Gasteiger partial charge in [0.15, 0.2) is 5.78 Å². The van der Waals surface area contributed by atoms with E-state index in [4.69, 9.17) is 4.74 Å². The smallest absolute Gasteiger partial charge is 0.410 e. The van der Waals surface area contributed by atoms with Gasteiger partial charge < -0.3 is 9.64 Å². The monoisotopic (exact) mass is 277 g/mol. The molecular formula is C16H23NO3. The van der Waals surface area contributed by atoms with Gasteiger partial charge in [0.25, 0.3) is 0 Å². The molecule has 0 spiro atoms. The number of hydrogen-bond acceptors (Lipinski definition) is 3. The van der Waals surface area contributed by atoms with Gasteiger partial charge in [-0.25, -0.2) is 4.79 Å². The van der Waals surface area contributed by atoms with Crippen LogP contribution in [0.5, 0.6) is 0 Å². The zero-order valence-electron chi connectivity index (χ0n) is 12.5. The van der Waals surface area contributed by atoms with Crippen LogP contribution in [0.4, 0.5) is 4.79 Å². The van der Waals surface area contributed by atoms with Gasteiger partial charge in [0.05, 0.1) is 0 Å². The van der Waals surface area contributed by atoms with Gasteiger partial charge in [0, 0.05) is 24.4 Å². The molecule has 110 valence electrons. The highest BCUT2D eigenvalue weighted by Crippen LogP contribution is 2.46. The molecule has 3 aliphatic rings. The number of ether oxygens (including phenoxy) is 1. The van der Waals surface area contributed by atoms with Crippen molar-refractivity contribution in [2.45, 2.75) is 58.1 Å². The third-order valence-electron chi connectivity index (χ3n) is 4.62. The summed E-state index contributed by atoms with van der Waals surface area (Å²) in [4.78, 5) is 26.3. The molecule has 0 aromatic rings. The van der Waals surface area contributed by atoms with Crippen molar-refractivity contribution in [2.24, 2.45) is 11.8 Å². The number of allylic oxidation sites excluding steroid dienone is 1. The van der Waals surface area contributed by atoms with Crippen molar-refractivity contribution in [2.75, 3.05) is 6.54 Å². The molecule has 3 rings (SSSR count). The molecule has 4 nitrogen and oxygen atoms in total. The maximum atomic E-state index is 12.4. The third kappa shape index (κ3) is 2.25. The van der Waals surface area contributed by atoms with Crippen molar-refractivity contribution in [3.8, 4) is 0 Å². The van der Waals surface area contributed by atoms with E-state index in [1.165, 1.54) is 0 Å². The minimum absolute atomic E-state index is 0.116. The number of carbonyl (C=O) groups excluding carboxylic acids is 2. The van der Waals surface area contributed by atoms with E-state index in [1.54, 1.807) is 6.08 Å². The number of likely N-dealkylation sites (tertiary alicyclic amines) is 1. The average Bonchev–Trinajstić information content (AvgIpc) is 2.70. The minimum atomic E-state index is -0.469. The zero-order valence-corrected chi connectivity index (χ0v) is 12.5. The first kappa shape index (κ1) is 13.7. The Labute approximate surface area is 120 Å². The predicted molar refractivity (Wildman–Crippen MR) is 75.3 cm³/mol. The molecule has 0 bridgehead atoms. The third-order valence-corrected chi connectivity index (χ3v) is 4.62. The largest absolute Gasteiger partial charge is 0.444 e. The number of rotatable bonds is 0. The second kappa shape index (κ2) is 4.61. The summed E-state index contributed by atoms with van der Waals surface area (Å²) in [6.45, 7) is 6.24. The van der Waals surface area contributed by atoms with Crippen molar-refractivity contribution in [1.82, 2.24) is 4.90 Å². The summed E-state index contributed by atoms with van der Waals surface area (Å²) >= 11 is 0. The van der Waals surface area contributed by atoms with E-state index >= 15 is 0 Å². The Morgan fingerprint density at radius 2 is 2.00 bits per heavy atom. The van der Waals surface area contributed by atoms with Gasteiger partial charge in [-0.1, -0.05) is 12.8 Å². The molecule has 3 atom stereocenters. The first-order valence-electron chi connectivity index (χ1n) is 7.61. The fourth-order valence-electron chi connectivity index (χ4n) is 3.89. The molecule has 0 aromatic carbocycles. The van der Waals surface area contributed by atoms with E-state index in [9.17, 15) is 9.59 Å². The fraction of sp³-hybridized carbons (Fsp3) is 0.750. The van der Waals surface area contributed by atoms with Crippen LogP contribution < -0.4 is 0 Å². The van der Waals surface area contributed by atoms with Gasteiger partial charge in [-0.2, -0.15) is 0 Å². The van der Waals surface area contributed by atoms with Gasteiger partial charge >= 0.3 is 6.09 Å². The molecule has 4 heteroatoms. The summed E-state index contributed by atoms with van der Waals surface area (Å²) in [7, 11) is 0. The molecule has 2 aliphatic carbocycles. The molecule has 0 radical (unpaired) electrons. The van der Waals surface area contributed by atoms with Crippen LogP contribution in [0.2, 0.25) is 0 Å². The van der Waals surface area contributed by atoms with E-state index in [1.807, 2.05) is 25.7 Å². The summed E-state index contributed by atoms with van der Waals surface area (Å²) in [6, 6.07) is 0.162. The van der Waals surface area contributed by atoms with Crippen molar-refractivity contribution < 1.29 is 14.3 Å². The van der Waals surface area contributed by atoms with Crippen LogP contribution in [0, 0.1) is 11.8 Å². The highest BCUT2D eigenvalue weighted by molar-refractivity contribution is 5.96. The molecule has 0 N–H and O–H groups in total. The van der Waals surface area contributed by atoms with E-state index in [-0.39, 0.29) is 29.8 Å². The molecule has 1 aliphatic heterocycles. The fourth-order valence-corrected chi connectivity index (χ4v) is 3.89. The Kier molecular flexibility index (Phi) is 3.14. The average molecular weight is 277 g/mol. The number of amides is 1. The van der Waals surface area contributed by atoms with Crippen LogP contribution in [-0.4, -0.2) is 35.0 Å². The molecular weight excluding hydrogens is 254 g/mol. The second-order valence-corrected chi connectivity index (χ2v) is 7.21. The number of ketones is 1. The molecule has 0 aromatic heterocycles. The molecule has 0 unspecified atom stereocenters. The van der Waals surface area contributed by atoms with Gasteiger partial charge in [-0.05, 0) is 45.3 Å². The Balaban J connectivity index is 1.83. The van der Waals surface area contributed by atoms with E-state index in [2.05, 4.69) is 0 Å². The van der Waals surface area contributed by atoms with Crippen molar-refractivity contribution in [1.29, 1.82) is 0 Å². The molecule has 1 saturated heterocycles. The highest BCUT2D eigenvalue weighted by atomic mass is 16.6. The standard InChI is InChI=1S/C16H23NO3/c1-16(2,3)20-15(19)17-9-10-8-13(18)11-6-4-5-7-12(17)14(10)11/h8,11-12,14H,4-7,9H2,1-3H3/t11-,12+,14+/m1/s1. The quantitative estimate of drug-likeness (QED) is 0.684. The van der Waals surface area contributed by atoms with Crippen molar-refractivity contribution >= 4 is 11.9 Å². The van der Waals surface area contributed by atoms with Crippen LogP contribution in [-0.2, 0) is 9.53 Å². The lowest BCUT2D eigenvalue weighted by atomic mass is 9.86. The van der Waals surface area contributed by atoms with Crippen molar-refractivity contribution in [3.63, 3.8) is 0 Å². The van der Waals surface area contributed by atoms with E-state index in [0.29, 0.717) is 6.54 Å². The number of nitrogens with zero attached hydrogens (tertiary/aromatic N) is 1. The predicted octanol–water partition coefficient (Wildman–Crippen LogP) is 2.92. The Bertz CT molecular complexity index is 475. The van der Waals surface area contributed by atoms with Crippen LogP contribution in [0.3, 0.4) is 0 Å². The Hall–Kier alpha value is -1.32. The topological polar surface area (TPSA) is 46.6 Å². The Morgan fingerprint density at radius 3 is 2.70 bits per heavy atom. The van der Waals surface area contributed by atoms with Gasteiger partial charge in [-0.15, -0.1) is 0 Å². The number of carbonyl (C=O) groups is 2. The van der Waals surface area contributed by atoms with Gasteiger partial charge in [-0.3, -0.25) is 4.79 Å². The molecule has 1 saturated carbocycles. The summed E-state index contributed by atoms with van der Waals surface area (Å²) in [5, 5.41) is 0. The normalized spacial score (nSPS) is 32.8.